The van der Waals surface area contributed by atoms with Gasteiger partial charge >= 0.3 is 0 Å². The van der Waals surface area contributed by atoms with Crippen LogP contribution in [0.2, 0.25) is 0 Å². The first-order valence-corrected chi connectivity index (χ1v) is 16.1. The van der Waals surface area contributed by atoms with Gasteiger partial charge in [0.05, 0.1) is 9.83 Å². The Morgan fingerprint density at radius 1 is 1.05 bits per heavy atom. The average molecular weight is 591 g/mol. The summed E-state index contributed by atoms with van der Waals surface area (Å²) in [5, 5.41) is 3.35. The molecule has 4 saturated carbocycles. The molecule has 1 N–H and O–H groups in total. The molecule has 0 aliphatic heterocycles. The Balaban J connectivity index is 1.28. The third kappa shape index (κ3) is 4.81. The SMILES string of the molecule is CC(C)[C@H](NC(=O)C[C@@H](C)[C@H]1CC[C@H]2[C@@H]3C(=O)C[C@@H]4CC(=O)CC[C@]4(C)[C@H]3CC[C@]12C)c1ccc(Br)s1. The van der Waals surface area contributed by atoms with Crippen molar-refractivity contribution in [1.29, 1.82) is 0 Å². The van der Waals surface area contributed by atoms with Gasteiger partial charge in [0.2, 0.25) is 5.91 Å². The molecule has 4 aliphatic rings. The molecule has 0 aromatic carbocycles. The van der Waals surface area contributed by atoms with Crippen LogP contribution in [0.15, 0.2) is 15.9 Å². The Kier molecular flexibility index (Phi) is 7.59. The molecule has 0 radical (unpaired) electrons. The molecule has 4 aliphatic carbocycles. The fourth-order valence-electron chi connectivity index (χ4n) is 9.43. The average Bonchev–Trinajstić information content (AvgIpc) is 3.41. The third-order valence-electron chi connectivity index (χ3n) is 11.4. The summed E-state index contributed by atoms with van der Waals surface area (Å²) in [5.41, 5.74) is 0.264. The molecule has 0 spiro atoms. The predicted octanol–water partition coefficient (Wildman–Crippen LogP) is 7.76. The lowest BCUT2D eigenvalue weighted by atomic mass is 9.44. The molecule has 204 valence electrons. The number of hydrogen-bond acceptors (Lipinski definition) is 4. The maximum absolute atomic E-state index is 13.6. The van der Waals surface area contributed by atoms with E-state index in [9.17, 15) is 14.4 Å². The second-order valence-corrected chi connectivity index (χ2v) is 16.2. The number of fused-ring (bicyclic) bond motifs is 5. The maximum atomic E-state index is 13.6. The molecule has 6 heteroatoms. The number of amides is 1. The number of rotatable bonds is 6. The van der Waals surface area contributed by atoms with Crippen molar-refractivity contribution in [2.45, 2.75) is 98.4 Å². The zero-order valence-corrected chi connectivity index (χ0v) is 25.6. The van der Waals surface area contributed by atoms with E-state index in [1.165, 1.54) is 4.88 Å². The molecular formula is C31H44BrNO3S. The lowest BCUT2D eigenvalue weighted by molar-refractivity contribution is -0.159. The van der Waals surface area contributed by atoms with Gasteiger partial charge in [0, 0.05) is 36.5 Å². The van der Waals surface area contributed by atoms with Crippen LogP contribution in [0, 0.1) is 52.3 Å². The van der Waals surface area contributed by atoms with Gasteiger partial charge in [0.1, 0.15) is 11.6 Å². The van der Waals surface area contributed by atoms with E-state index in [4.69, 9.17) is 0 Å². The topological polar surface area (TPSA) is 63.2 Å². The molecule has 5 rings (SSSR count). The van der Waals surface area contributed by atoms with Gasteiger partial charge < -0.3 is 5.32 Å². The molecule has 9 atom stereocenters. The number of ketones is 2. The molecule has 0 unspecified atom stereocenters. The number of Topliss-reactive ketones (excluding diaryl/α,β-unsaturated/α-hetero) is 2. The van der Waals surface area contributed by atoms with Gasteiger partial charge in [-0.25, -0.2) is 0 Å². The first kappa shape index (κ1) is 27.6. The summed E-state index contributed by atoms with van der Waals surface area (Å²) in [5.74, 6) is 3.30. The van der Waals surface area contributed by atoms with Crippen molar-refractivity contribution >= 4 is 44.7 Å². The first-order valence-electron chi connectivity index (χ1n) is 14.5. The largest absolute Gasteiger partial charge is 0.348 e. The van der Waals surface area contributed by atoms with Crippen molar-refractivity contribution in [3.63, 3.8) is 0 Å². The van der Waals surface area contributed by atoms with E-state index < -0.39 is 0 Å². The second-order valence-electron chi connectivity index (χ2n) is 13.7. The van der Waals surface area contributed by atoms with Crippen molar-refractivity contribution in [1.82, 2.24) is 5.32 Å². The summed E-state index contributed by atoms with van der Waals surface area (Å²) < 4.78 is 1.09. The molecule has 1 aromatic heterocycles. The summed E-state index contributed by atoms with van der Waals surface area (Å²) in [4.78, 5) is 40.3. The van der Waals surface area contributed by atoms with Crippen molar-refractivity contribution in [2.24, 2.45) is 52.3 Å². The quantitative estimate of drug-likeness (QED) is 0.368. The van der Waals surface area contributed by atoms with Gasteiger partial charge in [-0.2, -0.15) is 0 Å². The van der Waals surface area contributed by atoms with Crippen LogP contribution in [0.4, 0.5) is 0 Å². The van der Waals surface area contributed by atoms with Crippen LogP contribution in [-0.4, -0.2) is 17.5 Å². The summed E-state index contributed by atoms with van der Waals surface area (Å²) in [7, 11) is 0. The Morgan fingerprint density at radius 3 is 2.46 bits per heavy atom. The van der Waals surface area contributed by atoms with Crippen LogP contribution >= 0.6 is 27.3 Å². The smallest absolute Gasteiger partial charge is 0.220 e. The lowest BCUT2D eigenvalue weighted by Gasteiger charge is -2.59. The highest BCUT2D eigenvalue weighted by Gasteiger charge is 2.63. The first-order chi connectivity index (χ1) is 17.4. The van der Waals surface area contributed by atoms with Crippen LogP contribution in [0.3, 0.4) is 0 Å². The molecule has 1 aromatic rings. The number of thiophene rings is 1. The fraction of sp³-hybridized carbons (Fsp3) is 0.774. The minimum atomic E-state index is 0.0364. The Morgan fingerprint density at radius 2 is 1.78 bits per heavy atom. The van der Waals surface area contributed by atoms with E-state index in [-0.39, 0.29) is 34.6 Å². The third-order valence-corrected chi connectivity index (χ3v) is 13.1. The van der Waals surface area contributed by atoms with Crippen LogP contribution in [0.5, 0.6) is 0 Å². The molecule has 0 saturated heterocycles. The molecule has 0 bridgehead atoms. The van der Waals surface area contributed by atoms with Crippen molar-refractivity contribution in [3.05, 3.63) is 20.8 Å². The number of carbonyl (C=O) groups is 3. The summed E-state index contributed by atoms with van der Waals surface area (Å²) in [6.07, 6.45) is 7.91. The summed E-state index contributed by atoms with van der Waals surface area (Å²) in [6.45, 7) is 11.4. The van der Waals surface area contributed by atoms with E-state index in [1.807, 2.05) is 0 Å². The highest BCUT2D eigenvalue weighted by Crippen LogP contribution is 2.67. The molecule has 4 nitrogen and oxygen atoms in total. The fourth-order valence-corrected chi connectivity index (χ4v) is 11.1. The number of carbonyl (C=O) groups excluding carboxylic acids is 3. The predicted molar refractivity (Wildman–Crippen MR) is 152 cm³/mol. The monoisotopic (exact) mass is 589 g/mol. The highest BCUT2D eigenvalue weighted by molar-refractivity contribution is 9.11. The number of halogens is 1. The standard InChI is InChI=1S/C31H44BrNO3S/c1-17(2)29(25-8-9-26(32)37-25)33-27(36)14-18(3)21-6-7-22-28-23(11-13-31(21,22)5)30(4)12-10-20(34)15-19(30)16-24(28)35/h8-9,17-19,21-23,28-29H,6-7,10-16H2,1-5H3,(H,33,36)/t18-,19+,21-,22+,23+,28+,29+,30+,31-/m1/s1. The van der Waals surface area contributed by atoms with E-state index in [2.05, 4.69) is 68.0 Å². The van der Waals surface area contributed by atoms with Crippen molar-refractivity contribution < 1.29 is 14.4 Å². The van der Waals surface area contributed by atoms with Gasteiger partial charge in [0.25, 0.3) is 0 Å². The molecule has 37 heavy (non-hydrogen) atoms. The number of hydrogen-bond donors (Lipinski definition) is 1. The minimum Gasteiger partial charge on any atom is -0.348 e. The van der Waals surface area contributed by atoms with Crippen molar-refractivity contribution in [3.8, 4) is 0 Å². The Labute approximate surface area is 235 Å². The normalized spacial score (nSPS) is 39.1. The van der Waals surface area contributed by atoms with Crippen LogP contribution in [0.1, 0.15) is 103 Å². The van der Waals surface area contributed by atoms with Crippen molar-refractivity contribution in [2.75, 3.05) is 0 Å². The summed E-state index contributed by atoms with van der Waals surface area (Å²) in [6, 6.07) is 4.20. The van der Waals surface area contributed by atoms with Crippen LogP contribution in [-0.2, 0) is 14.4 Å². The Bertz CT molecular complexity index is 1070. The van der Waals surface area contributed by atoms with Gasteiger partial charge in [-0.3, -0.25) is 14.4 Å². The van der Waals surface area contributed by atoms with E-state index in [0.717, 1.165) is 35.9 Å². The van der Waals surface area contributed by atoms with Crippen LogP contribution in [0.25, 0.3) is 0 Å². The Hall–Kier alpha value is -1.01. The molecule has 1 heterocycles. The van der Waals surface area contributed by atoms with E-state index in [1.54, 1.807) is 11.3 Å². The maximum Gasteiger partial charge on any atom is 0.220 e. The number of nitrogens with one attached hydrogen (secondary N) is 1. The van der Waals surface area contributed by atoms with Gasteiger partial charge in [-0.1, -0.05) is 34.6 Å². The minimum absolute atomic E-state index is 0.0364. The van der Waals surface area contributed by atoms with E-state index in [0.29, 0.717) is 66.8 Å². The summed E-state index contributed by atoms with van der Waals surface area (Å²) >= 11 is 5.25. The lowest BCUT2D eigenvalue weighted by Crippen LogP contribution is -2.57. The molecule has 1 amide bonds. The zero-order valence-electron chi connectivity index (χ0n) is 23.1. The van der Waals surface area contributed by atoms with Crippen LogP contribution < -0.4 is 5.32 Å². The highest BCUT2D eigenvalue weighted by atomic mass is 79.9. The van der Waals surface area contributed by atoms with Gasteiger partial charge in [-0.15, -0.1) is 11.3 Å². The van der Waals surface area contributed by atoms with E-state index >= 15 is 0 Å². The molecular weight excluding hydrogens is 546 g/mol. The molecule has 4 fully saturated rings. The van der Waals surface area contributed by atoms with Gasteiger partial charge in [-0.05, 0) is 107 Å². The van der Waals surface area contributed by atoms with Gasteiger partial charge in [0.15, 0.2) is 0 Å². The zero-order chi connectivity index (χ0) is 26.7. The second kappa shape index (κ2) is 10.2.